The van der Waals surface area contributed by atoms with Crippen LogP contribution in [0.1, 0.15) is 18.4 Å². The molecule has 0 amide bonds. The largest absolute Gasteiger partial charge is 0.378 e. The monoisotopic (exact) mass is 285 g/mol. The molecule has 16 heavy (non-hydrogen) atoms. The Morgan fingerprint density at radius 2 is 2.25 bits per heavy atom. The Bertz CT molecular complexity index is 429. The van der Waals surface area contributed by atoms with E-state index in [1.54, 1.807) is 6.07 Å². The van der Waals surface area contributed by atoms with Crippen molar-refractivity contribution in [2.75, 3.05) is 11.9 Å². The summed E-state index contributed by atoms with van der Waals surface area (Å²) >= 11 is 3.13. The van der Waals surface area contributed by atoms with Crippen molar-refractivity contribution in [3.8, 4) is 0 Å². The van der Waals surface area contributed by atoms with Gasteiger partial charge in [0, 0.05) is 11.6 Å². The minimum Gasteiger partial charge on any atom is -0.378 e. The maximum Gasteiger partial charge on any atom is 0.154 e. The summed E-state index contributed by atoms with van der Waals surface area (Å²) in [6.45, 7) is 2.16. The maximum atomic E-state index is 13.2. The molecule has 0 heterocycles. The van der Waals surface area contributed by atoms with Gasteiger partial charge in [0.1, 0.15) is 5.82 Å². The van der Waals surface area contributed by atoms with Crippen LogP contribution in [0.3, 0.4) is 0 Å². The first-order valence-electron chi connectivity index (χ1n) is 5.30. The van der Waals surface area contributed by atoms with Crippen molar-refractivity contribution in [2.24, 2.45) is 5.92 Å². The van der Waals surface area contributed by atoms with Crippen LogP contribution < -0.4 is 5.32 Å². The zero-order chi connectivity index (χ0) is 11.7. The van der Waals surface area contributed by atoms with Gasteiger partial charge < -0.3 is 5.32 Å². The normalized spacial score (nSPS) is 14.9. The second-order valence-corrected chi connectivity index (χ2v) is 5.03. The minimum absolute atomic E-state index is 0.250. The van der Waals surface area contributed by atoms with Gasteiger partial charge in [0.05, 0.1) is 11.0 Å². The third kappa shape index (κ3) is 2.61. The summed E-state index contributed by atoms with van der Waals surface area (Å²) in [5.74, 6) is 0.230. The van der Waals surface area contributed by atoms with Crippen LogP contribution in [0, 0.1) is 18.7 Å². The molecular weight excluding hydrogens is 273 g/mol. The number of anilines is 1. The Morgan fingerprint density at radius 3 is 2.88 bits per heavy atom. The van der Waals surface area contributed by atoms with Gasteiger partial charge in [-0.2, -0.15) is 0 Å². The van der Waals surface area contributed by atoms with Gasteiger partial charge in [0.2, 0.25) is 0 Å². The number of hydrogen-bond acceptors (Lipinski definition) is 2. The molecule has 2 rings (SSSR count). The molecule has 2 nitrogen and oxygen atoms in total. The lowest BCUT2D eigenvalue weighted by molar-refractivity contribution is -0.118. The summed E-state index contributed by atoms with van der Waals surface area (Å²) in [4.78, 5) is 11.5. The lowest BCUT2D eigenvalue weighted by Crippen LogP contribution is -2.15. The number of Topliss-reactive ketones (excluding diaryl/α,β-unsaturated/α-hetero) is 1. The van der Waals surface area contributed by atoms with Crippen LogP contribution >= 0.6 is 15.9 Å². The number of halogens is 2. The molecule has 0 saturated heterocycles. The van der Waals surface area contributed by atoms with Crippen molar-refractivity contribution in [1.82, 2.24) is 0 Å². The van der Waals surface area contributed by atoms with Gasteiger partial charge in [-0.1, -0.05) is 0 Å². The highest BCUT2D eigenvalue weighted by Gasteiger charge is 2.28. The molecule has 1 aromatic rings. The SMILES string of the molecule is Cc1cc(F)c(Br)cc1NCC(=O)C1CC1. The molecule has 0 bridgehead atoms. The van der Waals surface area contributed by atoms with Gasteiger partial charge in [-0.05, 0) is 53.4 Å². The van der Waals surface area contributed by atoms with E-state index in [2.05, 4.69) is 21.2 Å². The summed E-state index contributed by atoms with van der Waals surface area (Å²) in [5.41, 5.74) is 1.62. The smallest absolute Gasteiger partial charge is 0.154 e. The van der Waals surface area contributed by atoms with Gasteiger partial charge in [-0.3, -0.25) is 4.79 Å². The average molecular weight is 286 g/mol. The van der Waals surface area contributed by atoms with Crippen molar-refractivity contribution < 1.29 is 9.18 Å². The first-order valence-corrected chi connectivity index (χ1v) is 6.09. The summed E-state index contributed by atoms with van der Waals surface area (Å²) in [6, 6.07) is 3.12. The van der Waals surface area contributed by atoms with Crippen LogP contribution in [0.4, 0.5) is 10.1 Å². The van der Waals surface area contributed by atoms with E-state index in [9.17, 15) is 9.18 Å². The average Bonchev–Trinajstić information content (AvgIpc) is 3.04. The number of aryl methyl sites for hydroxylation is 1. The number of benzene rings is 1. The van der Waals surface area contributed by atoms with Crippen LogP contribution in [0.2, 0.25) is 0 Å². The molecule has 1 aliphatic rings. The number of nitrogens with one attached hydrogen (secondary N) is 1. The molecular formula is C12H13BrFNO. The predicted molar refractivity (Wildman–Crippen MR) is 65.1 cm³/mol. The van der Waals surface area contributed by atoms with Gasteiger partial charge in [-0.25, -0.2) is 4.39 Å². The van der Waals surface area contributed by atoms with E-state index in [1.165, 1.54) is 6.07 Å². The summed E-state index contributed by atoms with van der Waals surface area (Å²) in [7, 11) is 0. The summed E-state index contributed by atoms with van der Waals surface area (Å²) in [5, 5.41) is 3.06. The third-order valence-electron chi connectivity index (χ3n) is 2.75. The molecule has 0 aliphatic heterocycles. The first-order chi connectivity index (χ1) is 7.58. The minimum atomic E-state index is -0.281. The van der Waals surface area contributed by atoms with E-state index in [0.29, 0.717) is 11.0 Å². The fourth-order valence-electron chi connectivity index (χ4n) is 1.57. The van der Waals surface area contributed by atoms with Gasteiger partial charge in [0.15, 0.2) is 5.78 Å². The van der Waals surface area contributed by atoms with Gasteiger partial charge >= 0.3 is 0 Å². The molecule has 1 N–H and O–H groups in total. The third-order valence-corrected chi connectivity index (χ3v) is 3.36. The highest BCUT2D eigenvalue weighted by atomic mass is 79.9. The van der Waals surface area contributed by atoms with Crippen LogP contribution in [-0.4, -0.2) is 12.3 Å². The topological polar surface area (TPSA) is 29.1 Å². The number of hydrogen-bond donors (Lipinski definition) is 1. The fourth-order valence-corrected chi connectivity index (χ4v) is 1.91. The Kier molecular flexibility index (Phi) is 3.28. The van der Waals surface area contributed by atoms with Crippen molar-refractivity contribution in [3.05, 3.63) is 28.0 Å². The molecule has 1 aliphatic carbocycles. The van der Waals surface area contributed by atoms with Crippen LogP contribution in [0.5, 0.6) is 0 Å². The molecule has 0 spiro atoms. The van der Waals surface area contributed by atoms with Gasteiger partial charge in [-0.15, -0.1) is 0 Å². The fraction of sp³-hybridized carbons (Fsp3) is 0.417. The van der Waals surface area contributed by atoms with E-state index >= 15 is 0 Å². The van der Waals surface area contributed by atoms with Crippen molar-refractivity contribution in [1.29, 1.82) is 0 Å². The second-order valence-electron chi connectivity index (χ2n) is 4.18. The highest BCUT2D eigenvalue weighted by molar-refractivity contribution is 9.10. The molecule has 1 saturated carbocycles. The Morgan fingerprint density at radius 1 is 1.56 bits per heavy atom. The zero-order valence-corrected chi connectivity index (χ0v) is 10.6. The highest BCUT2D eigenvalue weighted by Crippen LogP contribution is 2.30. The molecule has 1 fully saturated rings. The Hall–Kier alpha value is -0.900. The Labute approximate surface area is 102 Å². The number of carbonyl (C=O) groups excluding carboxylic acids is 1. The number of ketones is 1. The summed E-state index contributed by atoms with van der Waals surface area (Å²) in [6.07, 6.45) is 2.04. The van der Waals surface area contributed by atoms with Crippen molar-refractivity contribution >= 4 is 27.4 Å². The van der Waals surface area contributed by atoms with Crippen LogP contribution in [-0.2, 0) is 4.79 Å². The van der Waals surface area contributed by atoms with E-state index < -0.39 is 0 Å². The molecule has 0 atom stereocenters. The van der Waals surface area contributed by atoms with E-state index in [0.717, 1.165) is 24.1 Å². The standard InChI is InChI=1S/C12H13BrFNO/c1-7-4-10(14)9(13)5-11(7)15-6-12(16)8-2-3-8/h4-5,8,15H,2-3,6H2,1H3. The first kappa shape index (κ1) is 11.6. The lowest BCUT2D eigenvalue weighted by Gasteiger charge is -2.09. The predicted octanol–water partition coefficient (Wildman–Crippen LogP) is 3.29. The van der Waals surface area contributed by atoms with E-state index in [-0.39, 0.29) is 17.5 Å². The maximum absolute atomic E-state index is 13.2. The molecule has 0 unspecified atom stereocenters. The zero-order valence-electron chi connectivity index (χ0n) is 9.02. The molecule has 0 aromatic heterocycles. The lowest BCUT2D eigenvalue weighted by atomic mass is 10.2. The molecule has 86 valence electrons. The van der Waals surface area contributed by atoms with Gasteiger partial charge in [0.25, 0.3) is 0 Å². The second kappa shape index (κ2) is 4.53. The molecule has 4 heteroatoms. The quantitative estimate of drug-likeness (QED) is 0.920. The van der Waals surface area contributed by atoms with Crippen LogP contribution in [0.25, 0.3) is 0 Å². The molecule has 0 radical (unpaired) electrons. The van der Waals surface area contributed by atoms with E-state index in [4.69, 9.17) is 0 Å². The Balaban J connectivity index is 2.03. The van der Waals surface area contributed by atoms with E-state index in [1.807, 2.05) is 6.92 Å². The molecule has 1 aromatic carbocycles. The number of rotatable bonds is 4. The summed E-state index contributed by atoms with van der Waals surface area (Å²) < 4.78 is 13.6. The van der Waals surface area contributed by atoms with Crippen LogP contribution in [0.15, 0.2) is 16.6 Å². The van der Waals surface area contributed by atoms with Crippen molar-refractivity contribution in [3.63, 3.8) is 0 Å². The number of carbonyl (C=O) groups is 1. The van der Waals surface area contributed by atoms with Crippen molar-refractivity contribution in [2.45, 2.75) is 19.8 Å².